The van der Waals surface area contributed by atoms with Gasteiger partial charge in [0.2, 0.25) is 5.91 Å². The van der Waals surface area contributed by atoms with Gasteiger partial charge >= 0.3 is 11.9 Å². The number of anilines is 2. The highest BCUT2D eigenvalue weighted by Crippen LogP contribution is 2.17. The molecule has 0 aliphatic rings. The van der Waals surface area contributed by atoms with E-state index < -0.39 is 24.5 Å². The highest BCUT2D eigenvalue weighted by molar-refractivity contribution is 5.94. The van der Waals surface area contributed by atoms with Gasteiger partial charge in [0.1, 0.15) is 0 Å². The average Bonchev–Trinajstić information content (AvgIpc) is 2.75. The number of ether oxygens (including phenoxy) is 2. The van der Waals surface area contributed by atoms with Crippen molar-refractivity contribution < 1.29 is 28.7 Å². The fourth-order valence-electron chi connectivity index (χ4n) is 2.80. The monoisotopic (exact) mass is 440 g/mol. The number of benzene rings is 2. The third-order valence-corrected chi connectivity index (χ3v) is 4.50. The van der Waals surface area contributed by atoms with E-state index in [1.165, 1.54) is 12.1 Å². The van der Waals surface area contributed by atoms with Gasteiger partial charge in [0.05, 0.1) is 12.2 Å². The minimum atomic E-state index is -0.558. The quantitative estimate of drug-likeness (QED) is 0.544. The SMILES string of the molecule is CCOC(=O)c1ccc(NC(=O)COC(=O)CCCC(=O)Nc2cc(C)ccc2C)cc1. The molecule has 0 saturated carbocycles. The molecule has 0 radical (unpaired) electrons. The third-order valence-electron chi connectivity index (χ3n) is 4.50. The molecule has 2 N–H and O–H groups in total. The van der Waals surface area contributed by atoms with E-state index in [1.807, 2.05) is 32.0 Å². The summed E-state index contributed by atoms with van der Waals surface area (Å²) in [5.41, 5.74) is 3.59. The second kappa shape index (κ2) is 12.2. The summed E-state index contributed by atoms with van der Waals surface area (Å²) < 4.78 is 9.84. The summed E-state index contributed by atoms with van der Waals surface area (Å²) >= 11 is 0. The Balaban J connectivity index is 1.67. The van der Waals surface area contributed by atoms with Crippen LogP contribution < -0.4 is 10.6 Å². The molecule has 0 aliphatic heterocycles. The van der Waals surface area contributed by atoms with Crippen LogP contribution in [0.5, 0.6) is 0 Å². The normalized spacial score (nSPS) is 10.2. The number of esters is 2. The van der Waals surface area contributed by atoms with E-state index in [0.717, 1.165) is 16.8 Å². The van der Waals surface area contributed by atoms with Crippen molar-refractivity contribution in [2.45, 2.75) is 40.0 Å². The molecule has 0 atom stereocenters. The zero-order valence-corrected chi connectivity index (χ0v) is 18.5. The molecule has 0 aliphatic carbocycles. The molecule has 2 aromatic carbocycles. The molecule has 8 heteroatoms. The van der Waals surface area contributed by atoms with E-state index in [0.29, 0.717) is 17.7 Å². The second-order valence-electron chi connectivity index (χ2n) is 7.23. The molecular weight excluding hydrogens is 412 g/mol. The van der Waals surface area contributed by atoms with Gasteiger partial charge in [-0.25, -0.2) is 4.79 Å². The van der Waals surface area contributed by atoms with Crippen LogP contribution in [0.1, 0.15) is 47.7 Å². The molecule has 2 aromatic rings. The summed E-state index contributed by atoms with van der Waals surface area (Å²) in [7, 11) is 0. The first-order valence-corrected chi connectivity index (χ1v) is 10.4. The Labute approximate surface area is 187 Å². The molecule has 0 heterocycles. The minimum Gasteiger partial charge on any atom is -0.462 e. The molecule has 32 heavy (non-hydrogen) atoms. The van der Waals surface area contributed by atoms with E-state index in [4.69, 9.17) is 9.47 Å². The number of amides is 2. The molecule has 8 nitrogen and oxygen atoms in total. The first kappa shape index (κ1) is 24.6. The molecule has 2 rings (SSSR count). The van der Waals surface area contributed by atoms with Crippen LogP contribution in [0.3, 0.4) is 0 Å². The lowest BCUT2D eigenvalue weighted by molar-refractivity contribution is -0.147. The zero-order valence-electron chi connectivity index (χ0n) is 18.5. The fourth-order valence-corrected chi connectivity index (χ4v) is 2.80. The molecule has 170 valence electrons. The number of carbonyl (C=O) groups excluding carboxylic acids is 4. The lowest BCUT2D eigenvalue weighted by Crippen LogP contribution is -2.21. The van der Waals surface area contributed by atoms with Gasteiger partial charge in [0.15, 0.2) is 6.61 Å². The number of nitrogens with one attached hydrogen (secondary N) is 2. The Bertz CT molecular complexity index is 969. The smallest absolute Gasteiger partial charge is 0.338 e. The highest BCUT2D eigenvalue weighted by atomic mass is 16.5. The Morgan fingerprint density at radius 2 is 1.56 bits per heavy atom. The lowest BCUT2D eigenvalue weighted by Gasteiger charge is -2.09. The Morgan fingerprint density at radius 1 is 0.844 bits per heavy atom. The fraction of sp³-hybridized carbons (Fsp3) is 0.333. The first-order valence-electron chi connectivity index (χ1n) is 10.4. The van der Waals surface area contributed by atoms with Crippen molar-refractivity contribution in [2.24, 2.45) is 0 Å². The van der Waals surface area contributed by atoms with Gasteiger partial charge in [0, 0.05) is 24.2 Å². The summed E-state index contributed by atoms with van der Waals surface area (Å²) in [5.74, 6) is -1.69. The summed E-state index contributed by atoms with van der Waals surface area (Å²) in [6, 6.07) is 12.0. The standard InChI is InChI=1S/C24H28N2O6/c1-4-31-24(30)18-10-12-19(13-11-18)25-22(28)15-32-23(29)7-5-6-21(27)26-20-14-16(2)8-9-17(20)3/h8-14H,4-7,15H2,1-3H3,(H,25,28)(H,26,27). The molecule has 0 aromatic heterocycles. The number of aryl methyl sites for hydroxylation is 2. The molecule has 0 fully saturated rings. The van der Waals surface area contributed by atoms with Gasteiger partial charge in [-0.05, 0) is 68.7 Å². The first-order chi connectivity index (χ1) is 15.3. The van der Waals surface area contributed by atoms with Crippen LogP contribution in [0.15, 0.2) is 42.5 Å². The van der Waals surface area contributed by atoms with Gasteiger partial charge in [-0.15, -0.1) is 0 Å². The highest BCUT2D eigenvalue weighted by Gasteiger charge is 2.11. The largest absolute Gasteiger partial charge is 0.462 e. The van der Waals surface area contributed by atoms with E-state index in [1.54, 1.807) is 19.1 Å². The summed E-state index contributed by atoms with van der Waals surface area (Å²) in [6.45, 7) is 5.41. The van der Waals surface area contributed by atoms with Crippen LogP contribution in [-0.2, 0) is 23.9 Å². The molecule has 2 amide bonds. The molecule has 0 saturated heterocycles. The zero-order chi connectivity index (χ0) is 23.5. The Morgan fingerprint density at radius 3 is 2.25 bits per heavy atom. The van der Waals surface area contributed by atoms with Crippen LogP contribution in [0.25, 0.3) is 0 Å². The van der Waals surface area contributed by atoms with Crippen LogP contribution in [0.4, 0.5) is 11.4 Å². The number of carbonyl (C=O) groups is 4. The third kappa shape index (κ3) is 8.22. The lowest BCUT2D eigenvalue weighted by atomic mass is 10.1. The molecule has 0 spiro atoms. The van der Waals surface area contributed by atoms with Crippen LogP contribution in [0, 0.1) is 13.8 Å². The number of hydrogen-bond donors (Lipinski definition) is 2. The van der Waals surface area contributed by atoms with Gasteiger partial charge < -0.3 is 20.1 Å². The topological polar surface area (TPSA) is 111 Å². The maximum atomic E-state index is 12.1. The number of rotatable bonds is 10. The van der Waals surface area contributed by atoms with Gasteiger partial charge in [-0.2, -0.15) is 0 Å². The van der Waals surface area contributed by atoms with Crippen LogP contribution in [0.2, 0.25) is 0 Å². The van der Waals surface area contributed by atoms with Crippen LogP contribution >= 0.6 is 0 Å². The van der Waals surface area contributed by atoms with Gasteiger partial charge in [-0.1, -0.05) is 12.1 Å². The van der Waals surface area contributed by atoms with Crippen molar-refractivity contribution in [2.75, 3.05) is 23.8 Å². The average molecular weight is 440 g/mol. The molecule has 0 unspecified atom stereocenters. The Kier molecular flexibility index (Phi) is 9.41. The summed E-state index contributed by atoms with van der Waals surface area (Å²) in [4.78, 5) is 47.5. The van der Waals surface area contributed by atoms with E-state index in [9.17, 15) is 19.2 Å². The van der Waals surface area contributed by atoms with Crippen molar-refractivity contribution >= 4 is 35.1 Å². The molecule has 0 bridgehead atoms. The predicted octanol–water partition coefficient (Wildman–Crippen LogP) is 3.77. The van der Waals surface area contributed by atoms with Crippen molar-refractivity contribution in [1.29, 1.82) is 0 Å². The number of hydrogen-bond acceptors (Lipinski definition) is 6. The van der Waals surface area contributed by atoms with Gasteiger partial charge in [0.25, 0.3) is 5.91 Å². The van der Waals surface area contributed by atoms with E-state index in [2.05, 4.69) is 10.6 Å². The van der Waals surface area contributed by atoms with Crippen LogP contribution in [-0.4, -0.2) is 37.0 Å². The maximum absolute atomic E-state index is 12.1. The maximum Gasteiger partial charge on any atom is 0.338 e. The van der Waals surface area contributed by atoms with Crippen molar-refractivity contribution in [1.82, 2.24) is 0 Å². The summed E-state index contributed by atoms with van der Waals surface area (Å²) in [6.07, 6.45) is 0.510. The summed E-state index contributed by atoms with van der Waals surface area (Å²) in [5, 5.41) is 5.41. The van der Waals surface area contributed by atoms with Crippen molar-refractivity contribution in [3.63, 3.8) is 0 Å². The Hall–Kier alpha value is -3.68. The molecular formula is C24H28N2O6. The second-order valence-corrected chi connectivity index (χ2v) is 7.23. The van der Waals surface area contributed by atoms with E-state index >= 15 is 0 Å². The van der Waals surface area contributed by atoms with Crippen molar-refractivity contribution in [3.05, 3.63) is 59.2 Å². The van der Waals surface area contributed by atoms with E-state index in [-0.39, 0.29) is 25.4 Å². The minimum absolute atomic E-state index is 0.0295. The van der Waals surface area contributed by atoms with Crippen molar-refractivity contribution in [3.8, 4) is 0 Å². The predicted molar refractivity (Wildman–Crippen MR) is 120 cm³/mol. The van der Waals surface area contributed by atoms with Gasteiger partial charge in [-0.3, -0.25) is 14.4 Å².